The smallest absolute Gasteiger partial charge is 0.179 e. The molecule has 1 heterocycles. The van der Waals surface area contributed by atoms with Gasteiger partial charge in [0, 0.05) is 31.1 Å². The van der Waals surface area contributed by atoms with E-state index in [0.29, 0.717) is 23.3 Å². The van der Waals surface area contributed by atoms with Gasteiger partial charge in [0.1, 0.15) is 0 Å². The summed E-state index contributed by atoms with van der Waals surface area (Å²) in [5, 5.41) is 11.7. The Balaban J connectivity index is 2.33. The van der Waals surface area contributed by atoms with E-state index in [1.807, 2.05) is 68.4 Å². The summed E-state index contributed by atoms with van der Waals surface area (Å²) >= 11 is 0. The molecule has 0 saturated heterocycles. The van der Waals surface area contributed by atoms with E-state index in [4.69, 9.17) is 0 Å². The maximum Gasteiger partial charge on any atom is 0.179 e. The fourth-order valence-corrected chi connectivity index (χ4v) is 6.89. The van der Waals surface area contributed by atoms with Gasteiger partial charge in [0.25, 0.3) is 0 Å². The largest absolute Gasteiger partial charge is 0.392 e. The van der Waals surface area contributed by atoms with Gasteiger partial charge in [-0.05, 0) is 42.2 Å². The summed E-state index contributed by atoms with van der Waals surface area (Å²) in [6, 6.07) is 15.3. The molecule has 2 aromatic carbocycles. The van der Waals surface area contributed by atoms with Crippen molar-refractivity contribution in [3.8, 4) is 0 Å². The number of anilines is 1. The highest BCUT2D eigenvalue weighted by atomic mass is 32.2. The number of sulfone groups is 1. The molecular weight excluding hydrogens is 370 g/mol. The fraction of sp³-hybridized carbons (Fsp3) is 0.478. The lowest BCUT2D eigenvalue weighted by Crippen LogP contribution is -2.42. The fourth-order valence-electron chi connectivity index (χ4n) is 4.63. The average molecular weight is 402 g/mol. The van der Waals surface area contributed by atoms with Crippen LogP contribution in [0.4, 0.5) is 5.69 Å². The van der Waals surface area contributed by atoms with Gasteiger partial charge in [-0.15, -0.1) is 0 Å². The molecule has 0 aliphatic carbocycles. The SMILES string of the molecule is CCC[C@]1(CC)CS(=O)(=O)c2ccc(N(C)C)cc2[C@@H](c2ccccc2)[C@H]1O. The monoisotopic (exact) mass is 401 g/mol. The van der Waals surface area contributed by atoms with Crippen molar-refractivity contribution in [3.05, 3.63) is 59.7 Å². The molecular formula is C23H31NO3S. The van der Waals surface area contributed by atoms with Gasteiger partial charge >= 0.3 is 0 Å². The third kappa shape index (κ3) is 3.58. The zero-order valence-electron chi connectivity index (χ0n) is 17.2. The first-order chi connectivity index (χ1) is 13.3. The van der Waals surface area contributed by atoms with Crippen LogP contribution >= 0.6 is 0 Å². The van der Waals surface area contributed by atoms with Crippen LogP contribution in [0.2, 0.25) is 0 Å². The van der Waals surface area contributed by atoms with Crippen LogP contribution in [0.1, 0.15) is 50.2 Å². The Bertz CT molecular complexity index is 924. The lowest BCUT2D eigenvalue weighted by Gasteiger charge is -2.39. The van der Waals surface area contributed by atoms with Crippen molar-refractivity contribution in [1.82, 2.24) is 0 Å². The molecule has 0 spiro atoms. The second kappa shape index (κ2) is 7.88. The van der Waals surface area contributed by atoms with Crippen molar-refractivity contribution >= 4 is 15.5 Å². The second-order valence-corrected chi connectivity index (χ2v) is 10.1. The van der Waals surface area contributed by atoms with E-state index < -0.39 is 21.4 Å². The molecule has 4 nitrogen and oxygen atoms in total. The van der Waals surface area contributed by atoms with E-state index in [9.17, 15) is 13.5 Å². The molecule has 0 aromatic heterocycles. The molecule has 0 unspecified atom stereocenters. The van der Waals surface area contributed by atoms with Crippen molar-refractivity contribution in [2.45, 2.75) is 50.0 Å². The van der Waals surface area contributed by atoms with Crippen molar-refractivity contribution in [2.75, 3.05) is 24.7 Å². The summed E-state index contributed by atoms with van der Waals surface area (Å²) in [4.78, 5) is 2.32. The van der Waals surface area contributed by atoms with Crippen LogP contribution in [0.15, 0.2) is 53.4 Å². The average Bonchev–Trinajstić information content (AvgIpc) is 2.74. The van der Waals surface area contributed by atoms with Crippen molar-refractivity contribution in [3.63, 3.8) is 0 Å². The Labute approximate surface area is 169 Å². The Kier molecular flexibility index (Phi) is 5.87. The molecule has 0 saturated carbocycles. The summed E-state index contributed by atoms with van der Waals surface area (Å²) in [6.07, 6.45) is 1.37. The maximum absolute atomic E-state index is 13.4. The summed E-state index contributed by atoms with van der Waals surface area (Å²) in [5.74, 6) is -0.386. The highest BCUT2D eigenvalue weighted by Crippen LogP contribution is 2.49. The van der Waals surface area contributed by atoms with Gasteiger partial charge in [-0.1, -0.05) is 50.6 Å². The Morgan fingerprint density at radius 2 is 1.79 bits per heavy atom. The summed E-state index contributed by atoms with van der Waals surface area (Å²) in [7, 11) is 0.362. The number of rotatable bonds is 5. The molecule has 1 aliphatic heterocycles. The molecule has 28 heavy (non-hydrogen) atoms. The third-order valence-corrected chi connectivity index (χ3v) is 8.21. The molecule has 0 radical (unpaired) electrons. The first-order valence-corrected chi connectivity index (χ1v) is 11.7. The summed E-state index contributed by atoms with van der Waals surface area (Å²) in [6.45, 7) is 4.05. The second-order valence-electron chi connectivity index (χ2n) is 8.17. The van der Waals surface area contributed by atoms with E-state index in [1.165, 1.54) is 0 Å². The van der Waals surface area contributed by atoms with Crippen LogP contribution in [0.5, 0.6) is 0 Å². The first-order valence-electron chi connectivity index (χ1n) is 10.0. The van der Waals surface area contributed by atoms with E-state index in [-0.39, 0.29) is 11.7 Å². The molecule has 3 atom stereocenters. The van der Waals surface area contributed by atoms with Gasteiger partial charge < -0.3 is 10.0 Å². The topological polar surface area (TPSA) is 57.6 Å². The standard InChI is InChI=1S/C23H31NO3S/c1-5-14-23(6-2)16-28(26,27)20-13-12-18(24(3)4)15-19(20)21(22(23)25)17-10-8-7-9-11-17/h7-13,15,21-22,25H,5-6,14,16H2,1-4H3/t21-,22-,23-/m1/s1. The van der Waals surface area contributed by atoms with Crippen LogP contribution in [-0.2, 0) is 9.84 Å². The van der Waals surface area contributed by atoms with Crippen molar-refractivity contribution < 1.29 is 13.5 Å². The minimum absolute atomic E-state index is 0.0108. The Morgan fingerprint density at radius 1 is 1.11 bits per heavy atom. The predicted octanol–water partition coefficient (Wildman–Crippen LogP) is 4.23. The number of aliphatic hydroxyl groups excluding tert-OH is 1. The van der Waals surface area contributed by atoms with Gasteiger partial charge in [-0.3, -0.25) is 0 Å². The summed E-state index contributed by atoms with van der Waals surface area (Å²) < 4.78 is 26.8. The highest BCUT2D eigenvalue weighted by Gasteiger charge is 2.48. The predicted molar refractivity (Wildman–Crippen MR) is 115 cm³/mol. The van der Waals surface area contributed by atoms with Gasteiger partial charge in [0.05, 0.1) is 16.8 Å². The molecule has 0 bridgehead atoms. The molecule has 152 valence electrons. The number of hydrogen-bond acceptors (Lipinski definition) is 4. The van der Waals surface area contributed by atoms with Crippen LogP contribution in [-0.4, -0.2) is 39.5 Å². The number of aliphatic hydroxyl groups is 1. The minimum atomic E-state index is -3.52. The molecule has 2 aromatic rings. The zero-order valence-corrected chi connectivity index (χ0v) is 18.0. The molecule has 1 N–H and O–H groups in total. The van der Waals surface area contributed by atoms with E-state index in [1.54, 1.807) is 6.07 Å². The number of fused-ring (bicyclic) bond motifs is 1. The van der Waals surface area contributed by atoms with E-state index in [2.05, 4.69) is 6.92 Å². The van der Waals surface area contributed by atoms with E-state index >= 15 is 0 Å². The molecule has 3 rings (SSSR count). The summed E-state index contributed by atoms with van der Waals surface area (Å²) in [5.41, 5.74) is 1.93. The number of benzene rings is 2. The van der Waals surface area contributed by atoms with Crippen LogP contribution in [0.25, 0.3) is 0 Å². The van der Waals surface area contributed by atoms with Crippen molar-refractivity contribution in [1.29, 1.82) is 0 Å². The molecule has 1 aliphatic rings. The van der Waals surface area contributed by atoms with Gasteiger partial charge in [0.2, 0.25) is 0 Å². The lowest BCUT2D eigenvalue weighted by molar-refractivity contribution is 0.0183. The van der Waals surface area contributed by atoms with Crippen LogP contribution in [0, 0.1) is 5.41 Å². The van der Waals surface area contributed by atoms with Crippen LogP contribution < -0.4 is 4.90 Å². The third-order valence-electron chi connectivity index (χ3n) is 6.21. The normalized spacial score (nSPS) is 26.3. The van der Waals surface area contributed by atoms with Gasteiger partial charge in [0.15, 0.2) is 9.84 Å². The Hall–Kier alpha value is -1.85. The van der Waals surface area contributed by atoms with Crippen molar-refractivity contribution in [2.24, 2.45) is 5.41 Å². The molecule has 0 fully saturated rings. The minimum Gasteiger partial charge on any atom is -0.392 e. The zero-order chi connectivity index (χ0) is 20.5. The van der Waals surface area contributed by atoms with E-state index in [0.717, 1.165) is 17.7 Å². The Morgan fingerprint density at radius 3 is 2.36 bits per heavy atom. The number of nitrogens with zero attached hydrogens (tertiary/aromatic N) is 1. The quantitative estimate of drug-likeness (QED) is 0.815. The number of hydrogen-bond donors (Lipinski definition) is 1. The maximum atomic E-state index is 13.4. The molecule has 5 heteroatoms. The highest BCUT2D eigenvalue weighted by molar-refractivity contribution is 7.91. The first kappa shape index (κ1) is 20.9. The lowest BCUT2D eigenvalue weighted by atomic mass is 9.69. The van der Waals surface area contributed by atoms with Crippen LogP contribution in [0.3, 0.4) is 0 Å². The van der Waals surface area contributed by atoms with Gasteiger partial charge in [-0.2, -0.15) is 0 Å². The molecule has 0 amide bonds. The van der Waals surface area contributed by atoms with Gasteiger partial charge in [-0.25, -0.2) is 8.42 Å².